The van der Waals surface area contributed by atoms with Crippen molar-refractivity contribution in [1.82, 2.24) is 5.32 Å². The van der Waals surface area contributed by atoms with Crippen molar-refractivity contribution in [3.05, 3.63) is 28.8 Å². The number of halogens is 1. The first-order valence-corrected chi connectivity index (χ1v) is 6.22. The lowest BCUT2D eigenvalue weighted by molar-refractivity contribution is 0.0946. The molecule has 2 rings (SSSR count). The van der Waals surface area contributed by atoms with Crippen molar-refractivity contribution in [3.8, 4) is 5.75 Å². The quantitative estimate of drug-likeness (QED) is 0.867. The normalized spacial score (nSPS) is 16.6. The van der Waals surface area contributed by atoms with Gasteiger partial charge in [0.2, 0.25) is 0 Å². The van der Waals surface area contributed by atoms with E-state index in [1.165, 1.54) is 31.0 Å². The van der Waals surface area contributed by atoms with Crippen LogP contribution in [0.15, 0.2) is 18.2 Å². The van der Waals surface area contributed by atoms with Gasteiger partial charge in [0.05, 0.1) is 10.6 Å². The van der Waals surface area contributed by atoms with Gasteiger partial charge in [0.25, 0.3) is 5.91 Å². The number of hydrogen-bond acceptors (Lipinski definition) is 2. The largest absolute Gasteiger partial charge is 0.508 e. The van der Waals surface area contributed by atoms with Crippen LogP contribution in [0.1, 0.15) is 30.1 Å². The van der Waals surface area contributed by atoms with Crippen LogP contribution in [0.4, 0.5) is 0 Å². The molecule has 92 valence electrons. The van der Waals surface area contributed by atoms with Crippen molar-refractivity contribution in [2.75, 3.05) is 6.54 Å². The molecule has 0 heterocycles. The molecule has 1 saturated carbocycles. The summed E-state index contributed by atoms with van der Waals surface area (Å²) in [4.78, 5) is 11.9. The summed E-state index contributed by atoms with van der Waals surface area (Å²) >= 11 is 5.91. The second-order valence-electron chi connectivity index (χ2n) is 4.69. The predicted octanol–water partition coefficient (Wildman–Crippen LogP) is 2.82. The van der Waals surface area contributed by atoms with E-state index in [0.29, 0.717) is 23.0 Å². The van der Waals surface area contributed by atoms with Crippen LogP contribution in [0.2, 0.25) is 5.02 Å². The third kappa shape index (κ3) is 3.13. The topological polar surface area (TPSA) is 49.3 Å². The summed E-state index contributed by atoms with van der Waals surface area (Å²) in [5.74, 6) is 1.10. The molecule has 0 radical (unpaired) electrons. The highest BCUT2D eigenvalue weighted by molar-refractivity contribution is 6.33. The van der Waals surface area contributed by atoms with Crippen molar-refractivity contribution < 1.29 is 9.90 Å². The minimum atomic E-state index is -0.224. The third-order valence-electron chi connectivity index (χ3n) is 3.21. The molecule has 1 unspecified atom stereocenters. The number of amides is 1. The second kappa shape index (κ2) is 4.96. The summed E-state index contributed by atoms with van der Waals surface area (Å²) in [6, 6.07) is 4.38. The van der Waals surface area contributed by atoms with E-state index in [-0.39, 0.29) is 11.7 Å². The summed E-state index contributed by atoms with van der Waals surface area (Å²) in [5, 5.41) is 12.5. The first-order valence-electron chi connectivity index (χ1n) is 5.84. The van der Waals surface area contributed by atoms with Crippen LogP contribution >= 0.6 is 11.6 Å². The summed E-state index contributed by atoms with van der Waals surface area (Å²) in [6.45, 7) is 2.80. The Morgan fingerprint density at radius 1 is 1.59 bits per heavy atom. The van der Waals surface area contributed by atoms with E-state index in [1.54, 1.807) is 0 Å². The fourth-order valence-corrected chi connectivity index (χ4v) is 2.07. The summed E-state index contributed by atoms with van der Waals surface area (Å²) in [6.07, 6.45) is 2.54. The third-order valence-corrected chi connectivity index (χ3v) is 3.54. The molecule has 2 N–H and O–H groups in total. The van der Waals surface area contributed by atoms with E-state index in [9.17, 15) is 9.90 Å². The lowest BCUT2D eigenvalue weighted by atomic mass is 10.1. The average molecular weight is 254 g/mol. The monoisotopic (exact) mass is 253 g/mol. The minimum absolute atomic E-state index is 0.0507. The molecule has 1 atom stereocenters. The molecule has 0 bridgehead atoms. The number of carbonyl (C=O) groups is 1. The summed E-state index contributed by atoms with van der Waals surface area (Å²) in [7, 11) is 0. The van der Waals surface area contributed by atoms with Gasteiger partial charge in [-0.3, -0.25) is 4.79 Å². The molecule has 0 aliphatic heterocycles. The molecule has 1 fully saturated rings. The Labute approximate surface area is 106 Å². The second-order valence-corrected chi connectivity index (χ2v) is 5.10. The molecule has 1 aromatic rings. The highest BCUT2D eigenvalue weighted by Gasteiger charge is 2.28. The first kappa shape index (κ1) is 12.2. The maximum Gasteiger partial charge on any atom is 0.252 e. The maximum absolute atomic E-state index is 11.9. The molecule has 1 aliphatic carbocycles. The van der Waals surface area contributed by atoms with Gasteiger partial charge in [0.1, 0.15) is 5.75 Å². The predicted molar refractivity (Wildman–Crippen MR) is 67.3 cm³/mol. The van der Waals surface area contributed by atoms with E-state index in [4.69, 9.17) is 11.6 Å². The van der Waals surface area contributed by atoms with E-state index in [0.717, 1.165) is 5.92 Å². The fraction of sp³-hybridized carbons (Fsp3) is 0.462. The number of nitrogens with one attached hydrogen (secondary N) is 1. The van der Waals surface area contributed by atoms with Gasteiger partial charge in [-0.05, 0) is 42.9 Å². The number of phenols is 1. The zero-order valence-corrected chi connectivity index (χ0v) is 10.5. The summed E-state index contributed by atoms with van der Waals surface area (Å²) < 4.78 is 0. The lowest BCUT2D eigenvalue weighted by Gasteiger charge is -2.12. The SMILES string of the molecule is CC(CNC(=O)c1cc(O)ccc1Cl)C1CC1. The molecule has 4 heteroatoms. The van der Waals surface area contributed by atoms with Crippen LogP contribution in [0, 0.1) is 11.8 Å². The van der Waals surface area contributed by atoms with Crippen molar-refractivity contribution in [3.63, 3.8) is 0 Å². The number of aromatic hydroxyl groups is 1. The first-order chi connectivity index (χ1) is 8.08. The van der Waals surface area contributed by atoms with Gasteiger partial charge in [0.15, 0.2) is 0 Å². The van der Waals surface area contributed by atoms with Gasteiger partial charge in [-0.15, -0.1) is 0 Å². The Bertz CT molecular complexity index is 429. The number of rotatable bonds is 4. The minimum Gasteiger partial charge on any atom is -0.508 e. The molecule has 0 spiro atoms. The Balaban J connectivity index is 1.96. The number of phenolic OH excluding ortho intramolecular Hbond substituents is 1. The standard InChI is InChI=1S/C13H16ClNO2/c1-8(9-2-3-9)7-15-13(17)11-6-10(16)4-5-12(11)14/h4-6,8-9,16H,2-3,7H2,1H3,(H,15,17). The van der Waals surface area contributed by atoms with Gasteiger partial charge in [-0.25, -0.2) is 0 Å². The van der Waals surface area contributed by atoms with Crippen molar-refractivity contribution in [2.24, 2.45) is 11.8 Å². The average Bonchev–Trinajstić information content (AvgIpc) is 3.12. The number of carbonyl (C=O) groups excluding carboxylic acids is 1. The number of benzene rings is 1. The molecule has 17 heavy (non-hydrogen) atoms. The van der Waals surface area contributed by atoms with Crippen LogP contribution in [0.3, 0.4) is 0 Å². The Morgan fingerprint density at radius 3 is 2.94 bits per heavy atom. The zero-order chi connectivity index (χ0) is 12.4. The molecule has 0 aromatic heterocycles. The van der Waals surface area contributed by atoms with E-state index >= 15 is 0 Å². The Kier molecular flexibility index (Phi) is 3.57. The number of hydrogen-bond donors (Lipinski definition) is 2. The van der Waals surface area contributed by atoms with Gasteiger partial charge >= 0.3 is 0 Å². The lowest BCUT2D eigenvalue weighted by Crippen LogP contribution is -2.29. The molecule has 1 aliphatic rings. The molecule has 1 amide bonds. The van der Waals surface area contributed by atoms with Crippen molar-refractivity contribution in [1.29, 1.82) is 0 Å². The van der Waals surface area contributed by atoms with Crippen LogP contribution in [0.25, 0.3) is 0 Å². The molecule has 0 saturated heterocycles. The highest BCUT2D eigenvalue weighted by Crippen LogP contribution is 2.36. The van der Waals surface area contributed by atoms with Gasteiger partial charge < -0.3 is 10.4 Å². The van der Waals surface area contributed by atoms with Crippen LogP contribution in [-0.4, -0.2) is 17.6 Å². The van der Waals surface area contributed by atoms with Gasteiger partial charge in [-0.2, -0.15) is 0 Å². The van der Waals surface area contributed by atoms with E-state index in [1.807, 2.05) is 0 Å². The van der Waals surface area contributed by atoms with Gasteiger partial charge in [-0.1, -0.05) is 18.5 Å². The zero-order valence-electron chi connectivity index (χ0n) is 9.74. The van der Waals surface area contributed by atoms with E-state index < -0.39 is 0 Å². The fourth-order valence-electron chi connectivity index (χ4n) is 1.87. The highest BCUT2D eigenvalue weighted by atomic mass is 35.5. The van der Waals surface area contributed by atoms with Gasteiger partial charge in [0, 0.05) is 6.54 Å². The smallest absolute Gasteiger partial charge is 0.252 e. The Morgan fingerprint density at radius 2 is 2.29 bits per heavy atom. The van der Waals surface area contributed by atoms with Crippen molar-refractivity contribution in [2.45, 2.75) is 19.8 Å². The summed E-state index contributed by atoms with van der Waals surface area (Å²) in [5.41, 5.74) is 0.328. The van der Waals surface area contributed by atoms with Crippen molar-refractivity contribution >= 4 is 17.5 Å². The molecular formula is C13H16ClNO2. The maximum atomic E-state index is 11.9. The molecule has 3 nitrogen and oxygen atoms in total. The van der Waals surface area contributed by atoms with E-state index in [2.05, 4.69) is 12.2 Å². The van der Waals surface area contributed by atoms with Crippen LogP contribution in [-0.2, 0) is 0 Å². The molecular weight excluding hydrogens is 238 g/mol. The van der Waals surface area contributed by atoms with Crippen LogP contribution < -0.4 is 5.32 Å². The Hall–Kier alpha value is -1.22. The van der Waals surface area contributed by atoms with Crippen LogP contribution in [0.5, 0.6) is 5.75 Å². The molecule has 1 aromatic carbocycles.